The van der Waals surface area contributed by atoms with E-state index in [9.17, 15) is 0 Å². The van der Waals surface area contributed by atoms with E-state index in [0.717, 1.165) is 29.9 Å². The molecule has 1 aromatic heterocycles. The molecule has 3 rings (SSSR count). The van der Waals surface area contributed by atoms with Crippen LogP contribution in [0.4, 0.5) is 11.7 Å². The molecule has 18 heavy (non-hydrogen) atoms. The largest absolute Gasteiger partial charge is 0.423 e. The lowest BCUT2D eigenvalue weighted by Gasteiger charge is -2.30. The zero-order chi connectivity index (χ0) is 12.5. The number of fused-ring (bicyclic) bond motifs is 1. The highest BCUT2D eigenvalue weighted by atomic mass is 32.2. The summed E-state index contributed by atoms with van der Waals surface area (Å²) in [5.74, 6) is 1.13. The van der Waals surface area contributed by atoms with Crippen LogP contribution in [0.2, 0.25) is 0 Å². The van der Waals surface area contributed by atoms with Gasteiger partial charge in [0.05, 0.1) is 5.69 Å². The Bertz CT molecular complexity index is 554. The molecule has 96 valence electrons. The predicted octanol–water partition coefficient (Wildman–Crippen LogP) is 2.74. The average molecular weight is 263 g/mol. The lowest BCUT2D eigenvalue weighted by molar-refractivity contribution is 0.562. The van der Waals surface area contributed by atoms with Gasteiger partial charge in [0.1, 0.15) is 5.52 Å². The molecule has 2 heterocycles. The Morgan fingerprint density at radius 1 is 1.56 bits per heavy atom. The van der Waals surface area contributed by atoms with Crippen LogP contribution in [0.5, 0.6) is 0 Å². The number of anilines is 2. The van der Waals surface area contributed by atoms with Crippen molar-refractivity contribution in [1.29, 1.82) is 0 Å². The average Bonchev–Trinajstić information content (AvgIpc) is 2.84. The van der Waals surface area contributed by atoms with Crippen molar-refractivity contribution in [1.82, 2.24) is 4.98 Å². The molecule has 4 nitrogen and oxygen atoms in total. The highest BCUT2D eigenvalue weighted by Crippen LogP contribution is 2.29. The molecule has 1 atom stereocenters. The van der Waals surface area contributed by atoms with E-state index >= 15 is 0 Å². The standard InChI is InChI=1S/C13H17N3OS/c1-2-9-8-16(6-7-18-9)13-15-12-10(14)4-3-5-11(12)17-13/h3-5,9H,2,6-8,14H2,1H3. The van der Waals surface area contributed by atoms with E-state index in [2.05, 4.69) is 16.8 Å². The number of thioether (sulfide) groups is 1. The first kappa shape index (κ1) is 11.7. The normalized spacial score (nSPS) is 20.5. The maximum absolute atomic E-state index is 5.91. The molecule has 2 N–H and O–H groups in total. The molecular formula is C13H17N3OS. The SMILES string of the molecule is CCC1CN(c2nc3c(N)cccc3o2)CCS1. The molecule has 5 heteroatoms. The van der Waals surface area contributed by atoms with Crippen molar-refractivity contribution in [2.45, 2.75) is 18.6 Å². The number of nitrogen functional groups attached to an aromatic ring is 1. The molecule has 0 bridgehead atoms. The fourth-order valence-corrected chi connectivity index (χ4v) is 3.41. The number of nitrogens with two attached hydrogens (primary N) is 1. The van der Waals surface area contributed by atoms with Gasteiger partial charge in [-0.3, -0.25) is 0 Å². The number of para-hydroxylation sites is 1. The third-order valence-corrected chi connectivity index (χ3v) is 4.68. The quantitative estimate of drug-likeness (QED) is 0.844. The zero-order valence-corrected chi connectivity index (χ0v) is 11.2. The van der Waals surface area contributed by atoms with Crippen LogP contribution in [0.3, 0.4) is 0 Å². The van der Waals surface area contributed by atoms with Gasteiger partial charge in [-0.05, 0) is 18.6 Å². The van der Waals surface area contributed by atoms with Crippen LogP contribution < -0.4 is 10.6 Å². The Morgan fingerprint density at radius 2 is 2.44 bits per heavy atom. The van der Waals surface area contributed by atoms with Crippen molar-refractivity contribution in [3.63, 3.8) is 0 Å². The van der Waals surface area contributed by atoms with Gasteiger partial charge in [0.2, 0.25) is 0 Å². The van der Waals surface area contributed by atoms with Crippen LogP contribution in [0, 0.1) is 0 Å². The van der Waals surface area contributed by atoms with E-state index in [0.29, 0.717) is 17.0 Å². The van der Waals surface area contributed by atoms with Crippen LogP contribution in [0.25, 0.3) is 11.1 Å². The monoisotopic (exact) mass is 263 g/mol. The molecule has 2 aromatic rings. The lowest BCUT2D eigenvalue weighted by atomic mass is 10.3. The molecule has 1 unspecified atom stereocenters. The zero-order valence-electron chi connectivity index (χ0n) is 10.4. The van der Waals surface area contributed by atoms with Crippen LogP contribution >= 0.6 is 11.8 Å². The van der Waals surface area contributed by atoms with Gasteiger partial charge in [0, 0.05) is 24.1 Å². The third-order valence-electron chi connectivity index (χ3n) is 3.30. The molecule has 1 fully saturated rings. The third kappa shape index (κ3) is 2.03. The summed E-state index contributed by atoms with van der Waals surface area (Å²) in [5.41, 5.74) is 8.14. The second-order valence-corrected chi connectivity index (χ2v) is 5.95. The summed E-state index contributed by atoms with van der Waals surface area (Å²) in [4.78, 5) is 6.76. The first-order chi connectivity index (χ1) is 8.78. The summed E-state index contributed by atoms with van der Waals surface area (Å²) < 4.78 is 5.81. The van der Waals surface area contributed by atoms with Crippen molar-refractivity contribution < 1.29 is 4.42 Å². The first-order valence-corrected chi connectivity index (χ1v) is 7.34. The molecule has 1 aliphatic heterocycles. The van der Waals surface area contributed by atoms with E-state index in [1.54, 1.807) is 0 Å². The first-order valence-electron chi connectivity index (χ1n) is 6.29. The Kier molecular flexibility index (Phi) is 3.07. The van der Waals surface area contributed by atoms with E-state index in [4.69, 9.17) is 10.2 Å². The van der Waals surface area contributed by atoms with E-state index in [1.165, 1.54) is 6.42 Å². The number of oxazole rings is 1. The maximum Gasteiger partial charge on any atom is 0.298 e. The Hall–Kier alpha value is -1.36. The van der Waals surface area contributed by atoms with Crippen molar-refractivity contribution in [3.05, 3.63) is 18.2 Å². The van der Waals surface area contributed by atoms with E-state index in [-0.39, 0.29) is 0 Å². The summed E-state index contributed by atoms with van der Waals surface area (Å²) in [7, 11) is 0. The van der Waals surface area contributed by atoms with Crippen LogP contribution in [-0.4, -0.2) is 29.1 Å². The summed E-state index contributed by atoms with van der Waals surface area (Å²) in [6.07, 6.45) is 1.18. The number of hydrogen-bond donors (Lipinski definition) is 1. The summed E-state index contributed by atoms with van der Waals surface area (Å²) >= 11 is 2.04. The molecular weight excluding hydrogens is 246 g/mol. The smallest absolute Gasteiger partial charge is 0.298 e. The Morgan fingerprint density at radius 3 is 3.22 bits per heavy atom. The number of nitrogens with zero attached hydrogens (tertiary/aromatic N) is 2. The molecule has 0 saturated carbocycles. The molecule has 1 aliphatic rings. The van der Waals surface area contributed by atoms with Crippen molar-refractivity contribution in [3.8, 4) is 0 Å². The molecule has 0 radical (unpaired) electrons. The van der Waals surface area contributed by atoms with Crippen molar-refractivity contribution in [2.75, 3.05) is 29.5 Å². The van der Waals surface area contributed by atoms with Gasteiger partial charge in [-0.1, -0.05) is 13.0 Å². The summed E-state index contributed by atoms with van der Waals surface area (Å²) in [6.45, 7) is 4.23. The van der Waals surface area contributed by atoms with Gasteiger partial charge >= 0.3 is 0 Å². The van der Waals surface area contributed by atoms with Gasteiger partial charge in [0.25, 0.3) is 6.01 Å². The summed E-state index contributed by atoms with van der Waals surface area (Å²) in [5, 5.41) is 0.672. The Balaban J connectivity index is 1.92. The van der Waals surface area contributed by atoms with Crippen molar-refractivity contribution >= 4 is 34.6 Å². The number of rotatable bonds is 2. The van der Waals surface area contributed by atoms with Gasteiger partial charge in [-0.25, -0.2) is 0 Å². The topological polar surface area (TPSA) is 55.3 Å². The number of aromatic nitrogens is 1. The molecule has 0 amide bonds. The van der Waals surface area contributed by atoms with Gasteiger partial charge < -0.3 is 15.1 Å². The molecule has 0 aliphatic carbocycles. The van der Waals surface area contributed by atoms with Crippen LogP contribution in [0.15, 0.2) is 22.6 Å². The second kappa shape index (κ2) is 4.72. The fraction of sp³-hybridized carbons (Fsp3) is 0.462. The second-order valence-electron chi connectivity index (χ2n) is 4.54. The minimum absolute atomic E-state index is 0.672. The highest BCUT2D eigenvalue weighted by Gasteiger charge is 2.23. The molecule has 0 spiro atoms. The van der Waals surface area contributed by atoms with Crippen molar-refractivity contribution in [2.24, 2.45) is 0 Å². The summed E-state index contributed by atoms with van der Waals surface area (Å²) in [6, 6.07) is 6.38. The Labute approximate surface area is 111 Å². The minimum atomic E-state index is 0.672. The van der Waals surface area contributed by atoms with Gasteiger partial charge in [-0.15, -0.1) is 0 Å². The van der Waals surface area contributed by atoms with E-state index in [1.807, 2.05) is 30.0 Å². The maximum atomic E-state index is 5.91. The van der Waals surface area contributed by atoms with E-state index < -0.39 is 0 Å². The fourth-order valence-electron chi connectivity index (χ4n) is 2.23. The minimum Gasteiger partial charge on any atom is -0.423 e. The molecule has 1 aromatic carbocycles. The van der Waals surface area contributed by atoms with Gasteiger partial charge in [0.15, 0.2) is 5.58 Å². The van der Waals surface area contributed by atoms with Gasteiger partial charge in [-0.2, -0.15) is 16.7 Å². The highest BCUT2D eigenvalue weighted by molar-refractivity contribution is 8.00. The van der Waals surface area contributed by atoms with Crippen LogP contribution in [0.1, 0.15) is 13.3 Å². The lowest BCUT2D eigenvalue weighted by Crippen LogP contribution is -2.37. The van der Waals surface area contributed by atoms with Crippen LogP contribution in [-0.2, 0) is 0 Å². The molecule has 1 saturated heterocycles. The number of hydrogen-bond acceptors (Lipinski definition) is 5. The number of benzene rings is 1. The predicted molar refractivity (Wildman–Crippen MR) is 77.2 cm³/mol.